The molecule has 0 unspecified atom stereocenters. The molecule has 406 valence electrons. The monoisotopic (exact) mass is 1010 g/mol. The number of ketones is 1. The highest BCUT2D eigenvalue weighted by Gasteiger charge is 2.55. The molecule has 0 spiro atoms. The molecule has 0 radical (unpaired) electrons. The summed E-state index contributed by atoms with van der Waals surface area (Å²) in [4.78, 5) is 51.5. The van der Waals surface area contributed by atoms with Gasteiger partial charge in [-0.15, -0.1) is 0 Å². The minimum absolute atomic E-state index is 0.0397. The molecule has 0 aromatic carbocycles. The van der Waals surface area contributed by atoms with E-state index < -0.39 is 157 Å². The molecule has 3 aliphatic heterocycles. The van der Waals surface area contributed by atoms with Crippen LogP contribution in [0, 0.1) is 11.8 Å². The maximum absolute atomic E-state index is 13.5. The SMILES string of the molecule is CC[C@@H]1O[C@H](O[C@H]2[C@@H](O)[C@H](O[C@@H]3[C@@H](O)[C@H](CC(=O)[C@@H](O)CCNC(=O)OC(C)(C)C)C[C@H](C)[C@H]3O[C@H]3O[C@H](CN)C=C[C@H]3NC(=O)OC(C)(C)C)O[C@@H]2CO)[C@H](NC(=O)OC(C)(C)C)[C@@H](O)[C@@H]1O.NN. The molecule has 1 aliphatic carbocycles. The Kier molecular flexibility index (Phi) is 23.1. The summed E-state index contributed by atoms with van der Waals surface area (Å²) in [6.45, 7) is 17.7. The normalized spacial score (nSPS) is 35.1. The number of hydrogen-bond donors (Lipinski definition) is 12. The predicted molar refractivity (Wildman–Crippen MR) is 247 cm³/mol. The van der Waals surface area contributed by atoms with Crippen LogP contribution in [0.5, 0.6) is 0 Å². The molecule has 0 bridgehead atoms. The number of Topliss-reactive ketones (excluding diaryl/α,β-unsaturated/α-hetero) is 1. The van der Waals surface area contributed by atoms with Crippen molar-refractivity contribution in [3.8, 4) is 0 Å². The van der Waals surface area contributed by atoms with Crippen LogP contribution in [-0.2, 0) is 47.4 Å². The number of aliphatic hydroxyl groups is 6. The molecule has 3 fully saturated rings. The molecule has 2 saturated heterocycles. The molecule has 25 heteroatoms. The summed E-state index contributed by atoms with van der Waals surface area (Å²) >= 11 is 0. The fourth-order valence-electron chi connectivity index (χ4n) is 8.32. The van der Waals surface area contributed by atoms with E-state index in [2.05, 4.69) is 27.6 Å². The van der Waals surface area contributed by atoms with Crippen molar-refractivity contribution in [2.75, 3.05) is 19.7 Å². The number of hydrazine groups is 1. The molecule has 0 aromatic rings. The average molecular weight is 1010 g/mol. The largest absolute Gasteiger partial charge is 0.444 e. The molecule has 70 heavy (non-hydrogen) atoms. The van der Waals surface area contributed by atoms with Crippen molar-refractivity contribution in [2.24, 2.45) is 29.3 Å². The van der Waals surface area contributed by atoms with Crippen molar-refractivity contribution in [3.63, 3.8) is 0 Å². The number of aliphatic hydroxyl groups excluding tert-OH is 6. The zero-order valence-corrected chi connectivity index (χ0v) is 42.2. The Morgan fingerprint density at radius 2 is 1.24 bits per heavy atom. The molecule has 18 atom stereocenters. The van der Waals surface area contributed by atoms with Crippen molar-refractivity contribution >= 4 is 24.1 Å². The summed E-state index contributed by atoms with van der Waals surface area (Å²) in [6, 6.07) is -2.39. The Labute approximate surface area is 409 Å². The van der Waals surface area contributed by atoms with Gasteiger partial charge in [0.1, 0.15) is 71.6 Å². The molecular formula is C45H82N6O19. The number of hydrogen-bond acceptors (Lipinski definition) is 22. The number of alkyl carbamates (subject to hydrolysis) is 3. The van der Waals surface area contributed by atoms with E-state index >= 15 is 0 Å². The second kappa shape index (κ2) is 26.5. The smallest absolute Gasteiger partial charge is 0.408 e. The van der Waals surface area contributed by atoms with Crippen LogP contribution in [0.4, 0.5) is 14.4 Å². The Morgan fingerprint density at radius 3 is 1.80 bits per heavy atom. The third kappa shape index (κ3) is 18.0. The van der Waals surface area contributed by atoms with Crippen LogP contribution < -0.4 is 33.4 Å². The molecule has 4 rings (SSSR count). The van der Waals surface area contributed by atoms with Crippen LogP contribution in [0.15, 0.2) is 12.2 Å². The highest BCUT2D eigenvalue weighted by atomic mass is 16.8. The molecule has 3 amide bonds. The van der Waals surface area contributed by atoms with E-state index in [4.69, 9.17) is 48.4 Å². The van der Waals surface area contributed by atoms with Gasteiger partial charge in [0.05, 0.1) is 31.0 Å². The summed E-state index contributed by atoms with van der Waals surface area (Å²) in [6.07, 6.45) is -18.7. The van der Waals surface area contributed by atoms with Gasteiger partial charge in [-0.2, -0.15) is 0 Å². The van der Waals surface area contributed by atoms with Crippen molar-refractivity contribution in [1.29, 1.82) is 0 Å². The standard InChI is InChI=1S/C45H78N4O19.H4N2/c1-12-27-31(54)32(55)29(49-42(59)68-45(9,10)11)38(61-27)64-35-28(20-50)62-39(33(35)56)65-36-30(53)22(18-26(52)25(51)15-16-47-40(57)66-43(3,4)5)17-21(2)34(36)63-37-24(14-13-23(19-46)60-37)48-41(58)67-44(6,7)8;1-2/h13-14,21-25,27-39,50-51,53-56H,12,15-20,46H2,1-11H3,(H,47,57)(H,48,58)(H,49,59);1-2H2/t21-,22-,23-,24+,25-,27-,28+,29+,30-,31+,32+,33+,34+,35+,36+,37+,38+,39-;/m0./s1. The van der Waals surface area contributed by atoms with Crippen molar-refractivity contribution < 1.29 is 92.4 Å². The van der Waals surface area contributed by atoms with Gasteiger partial charge in [-0.3, -0.25) is 16.5 Å². The maximum atomic E-state index is 13.5. The average Bonchev–Trinajstić information content (AvgIpc) is 3.55. The zero-order valence-electron chi connectivity index (χ0n) is 42.2. The molecule has 4 aliphatic rings. The van der Waals surface area contributed by atoms with E-state index in [-0.39, 0.29) is 38.8 Å². The van der Waals surface area contributed by atoms with E-state index in [1.807, 2.05) is 0 Å². The van der Waals surface area contributed by atoms with Gasteiger partial charge in [-0.05, 0) is 93.4 Å². The fraction of sp³-hybridized carbons (Fsp3) is 0.867. The van der Waals surface area contributed by atoms with Crippen LogP contribution in [0.25, 0.3) is 0 Å². The lowest BCUT2D eigenvalue weighted by atomic mass is 9.74. The zero-order chi connectivity index (χ0) is 53.1. The highest BCUT2D eigenvalue weighted by molar-refractivity contribution is 5.83. The Morgan fingerprint density at radius 1 is 0.700 bits per heavy atom. The third-order valence-corrected chi connectivity index (χ3v) is 11.5. The van der Waals surface area contributed by atoms with Gasteiger partial charge in [-0.1, -0.05) is 26.0 Å². The summed E-state index contributed by atoms with van der Waals surface area (Å²) in [5.74, 6) is 5.93. The summed E-state index contributed by atoms with van der Waals surface area (Å²) in [5.41, 5.74) is 3.41. The molecule has 3 heterocycles. The minimum Gasteiger partial charge on any atom is -0.444 e. The van der Waals surface area contributed by atoms with Crippen LogP contribution >= 0.6 is 0 Å². The van der Waals surface area contributed by atoms with E-state index in [1.54, 1.807) is 88.3 Å². The minimum atomic E-state index is -1.76. The summed E-state index contributed by atoms with van der Waals surface area (Å²) in [7, 11) is 0. The first kappa shape index (κ1) is 60.9. The number of carbonyl (C=O) groups is 4. The van der Waals surface area contributed by atoms with E-state index in [0.29, 0.717) is 0 Å². The fourth-order valence-corrected chi connectivity index (χ4v) is 8.32. The quantitative estimate of drug-likeness (QED) is 0.0366. The number of carbonyl (C=O) groups excluding carboxylic acids is 4. The maximum Gasteiger partial charge on any atom is 0.408 e. The Hall–Kier alpha value is -3.38. The Balaban J connectivity index is 0.00000639. The van der Waals surface area contributed by atoms with Gasteiger partial charge >= 0.3 is 18.3 Å². The van der Waals surface area contributed by atoms with Gasteiger partial charge in [0.25, 0.3) is 0 Å². The molecule has 1 saturated carbocycles. The lowest BCUT2D eigenvalue weighted by Gasteiger charge is -2.46. The van der Waals surface area contributed by atoms with Gasteiger partial charge < -0.3 is 95.0 Å². The molecule has 25 nitrogen and oxygen atoms in total. The van der Waals surface area contributed by atoms with Gasteiger partial charge in [-0.25, -0.2) is 14.4 Å². The molecule has 0 aromatic heterocycles. The topological polar surface area (TPSA) is 387 Å². The Bertz CT molecular complexity index is 1690. The first-order chi connectivity index (χ1) is 32.5. The van der Waals surface area contributed by atoms with Crippen molar-refractivity contribution in [1.82, 2.24) is 16.0 Å². The lowest BCUT2D eigenvalue weighted by molar-refractivity contribution is -0.293. The summed E-state index contributed by atoms with van der Waals surface area (Å²) in [5, 5.41) is 75.1. The first-order valence-electron chi connectivity index (χ1n) is 23.7. The van der Waals surface area contributed by atoms with Gasteiger partial charge in [0.15, 0.2) is 24.7 Å². The van der Waals surface area contributed by atoms with E-state index in [0.717, 1.165) is 0 Å². The lowest BCUT2D eigenvalue weighted by Crippen LogP contribution is -2.65. The number of nitrogens with two attached hydrogens (primary N) is 3. The van der Waals surface area contributed by atoms with E-state index in [1.165, 1.54) is 0 Å². The van der Waals surface area contributed by atoms with Gasteiger partial charge in [0.2, 0.25) is 0 Å². The first-order valence-corrected chi connectivity index (χ1v) is 23.7. The van der Waals surface area contributed by atoms with Crippen LogP contribution in [-0.4, -0.2) is 189 Å². The van der Waals surface area contributed by atoms with Crippen LogP contribution in [0.1, 0.15) is 102 Å². The number of nitrogens with one attached hydrogen (secondary N) is 3. The molecule has 15 N–H and O–H groups in total. The van der Waals surface area contributed by atoms with Crippen molar-refractivity contribution in [3.05, 3.63) is 12.2 Å². The van der Waals surface area contributed by atoms with Gasteiger partial charge in [0, 0.05) is 19.5 Å². The number of rotatable bonds is 17. The number of amides is 3. The van der Waals surface area contributed by atoms with Crippen LogP contribution in [0.2, 0.25) is 0 Å². The van der Waals surface area contributed by atoms with Crippen LogP contribution in [0.3, 0.4) is 0 Å². The predicted octanol–water partition coefficient (Wildman–Crippen LogP) is -0.826. The summed E-state index contributed by atoms with van der Waals surface area (Å²) < 4.78 is 53.4. The molecular weight excluding hydrogens is 929 g/mol. The van der Waals surface area contributed by atoms with Crippen molar-refractivity contribution in [2.45, 2.75) is 217 Å². The second-order valence-corrected chi connectivity index (χ2v) is 20.8. The second-order valence-electron chi connectivity index (χ2n) is 20.8. The highest BCUT2D eigenvalue weighted by Crippen LogP contribution is 2.40. The third-order valence-electron chi connectivity index (χ3n) is 11.5. The number of ether oxygens (including phenoxy) is 9. The van der Waals surface area contributed by atoms with E-state index in [9.17, 15) is 49.8 Å².